The lowest BCUT2D eigenvalue weighted by Crippen LogP contribution is -2.29. The van der Waals surface area contributed by atoms with Crippen molar-refractivity contribution >= 4 is 5.91 Å². The van der Waals surface area contributed by atoms with Gasteiger partial charge in [-0.1, -0.05) is 6.07 Å². The number of carbonyl (C=O) groups excluding carboxylic acids is 1. The lowest BCUT2D eigenvalue weighted by molar-refractivity contribution is -0.138. The molecular weight excluding hydrogens is 430 g/mol. The van der Waals surface area contributed by atoms with E-state index in [1.807, 2.05) is 0 Å². The third-order valence-electron chi connectivity index (χ3n) is 4.30. The Kier molecular flexibility index (Phi) is 6.61. The summed E-state index contributed by atoms with van der Waals surface area (Å²) in [5.74, 6) is -1.23. The van der Waals surface area contributed by atoms with Crippen molar-refractivity contribution in [1.29, 1.82) is 0 Å². The van der Waals surface area contributed by atoms with E-state index in [9.17, 15) is 27.2 Å². The zero-order chi connectivity index (χ0) is 23.5. The first-order valence-electron chi connectivity index (χ1n) is 9.56. The molecule has 3 aromatic rings. The number of ether oxygens (including phenoxy) is 1. The Balaban J connectivity index is 1.82. The van der Waals surface area contributed by atoms with Gasteiger partial charge < -0.3 is 10.1 Å². The number of nitrogens with zero attached hydrogens (tertiary/aromatic N) is 2. The molecule has 0 radical (unpaired) electrons. The lowest BCUT2D eigenvalue weighted by atomic mass is 10.1. The first-order valence-corrected chi connectivity index (χ1v) is 9.56. The van der Waals surface area contributed by atoms with Crippen molar-refractivity contribution in [3.05, 3.63) is 87.6 Å². The third-order valence-corrected chi connectivity index (χ3v) is 4.30. The molecule has 0 atom stereocenters. The largest absolute Gasteiger partial charge is 0.491 e. The van der Waals surface area contributed by atoms with Gasteiger partial charge in [0, 0.05) is 12.6 Å². The second-order valence-electron chi connectivity index (χ2n) is 7.11. The van der Waals surface area contributed by atoms with Gasteiger partial charge >= 0.3 is 6.18 Å². The Morgan fingerprint density at radius 2 is 1.78 bits per heavy atom. The molecule has 1 heterocycles. The Hall–Kier alpha value is -3.69. The van der Waals surface area contributed by atoms with Crippen LogP contribution < -0.4 is 15.6 Å². The van der Waals surface area contributed by atoms with Crippen molar-refractivity contribution in [2.75, 3.05) is 0 Å². The van der Waals surface area contributed by atoms with E-state index in [2.05, 4.69) is 10.4 Å². The van der Waals surface area contributed by atoms with Crippen LogP contribution in [-0.4, -0.2) is 21.8 Å². The van der Waals surface area contributed by atoms with Gasteiger partial charge in [-0.15, -0.1) is 0 Å². The molecule has 2 aromatic carbocycles. The van der Waals surface area contributed by atoms with Gasteiger partial charge in [-0.25, -0.2) is 4.39 Å². The van der Waals surface area contributed by atoms with Gasteiger partial charge in [-0.05, 0) is 61.9 Å². The number of hydrogen-bond acceptors (Lipinski definition) is 4. The summed E-state index contributed by atoms with van der Waals surface area (Å²) < 4.78 is 59.8. The van der Waals surface area contributed by atoms with Crippen LogP contribution >= 0.6 is 0 Å². The van der Waals surface area contributed by atoms with Crippen LogP contribution in [0.25, 0.3) is 5.69 Å². The molecule has 1 amide bonds. The monoisotopic (exact) mass is 449 g/mol. The molecule has 6 nitrogen and oxygen atoms in total. The van der Waals surface area contributed by atoms with Crippen LogP contribution in [0.4, 0.5) is 17.6 Å². The van der Waals surface area contributed by atoms with E-state index in [1.54, 1.807) is 13.8 Å². The molecule has 32 heavy (non-hydrogen) atoms. The van der Waals surface area contributed by atoms with E-state index in [-0.39, 0.29) is 28.8 Å². The van der Waals surface area contributed by atoms with E-state index in [4.69, 9.17) is 4.74 Å². The fraction of sp³-hybridized carbons (Fsp3) is 0.227. The van der Waals surface area contributed by atoms with E-state index < -0.39 is 35.6 Å². The molecule has 0 saturated heterocycles. The zero-order valence-electron chi connectivity index (χ0n) is 17.1. The normalized spacial score (nSPS) is 11.5. The van der Waals surface area contributed by atoms with Crippen LogP contribution in [0, 0.1) is 5.82 Å². The molecule has 10 heteroatoms. The number of aromatic nitrogens is 2. The first-order chi connectivity index (χ1) is 15.0. The minimum Gasteiger partial charge on any atom is -0.491 e. The second-order valence-corrected chi connectivity index (χ2v) is 7.11. The molecule has 168 valence electrons. The van der Waals surface area contributed by atoms with Gasteiger partial charge in [-0.3, -0.25) is 9.59 Å². The van der Waals surface area contributed by atoms with Crippen molar-refractivity contribution < 1.29 is 27.1 Å². The maximum absolute atomic E-state index is 13.5. The second kappa shape index (κ2) is 9.21. The number of nitrogens with one attached hydrogen (secondary N) is 1. The molecule has 0 bridgehead atoms. The van der Waals surface area contributed by atoms with Gasteiger partial charge in [0.15, 0.2) is 0 Å². The molecule has 0 aliphatic heterocycles. The summed E-state index contributed by atoms with van der Waals surface area (Å²) in [7, 11) is 0. The summed E-state index contributed by atoms with van der Waals surface area (Å²) in [6, 6.07) is 10.6. The predicted molar refractivity (Wildman–Crippen MR) is 108 cm³/mol. The van der Waals surface area contributed by atoms with Crippen molar-refractivity contribution in [2.45, 2.75) is 32.7 Å². The summed E-state index contributed by atoms with van der Waals surface area (Å²) in [5.41, 5.74) is -1.62. The summed E-state index contributed by atoms with van der Waals surface area (Å²) in [5, 5.41) is 6.31. The van der Waals surface area contributed by atoms with E-state index in [1.165, 1.54) is 24.3 Å². The molecule has 0 spiro atoms. The van der Waals surface area contributed by atoms with Crippen LogP contribution in [0.1, 0.15) is 35.5 Å². The van der Waals surface area contributed by atoms with E-state index in [0.29, 0.717) is 0 Å². The minimum atomic E-state index is -4.65. The number of hydrogen-bond donors (Lipinski definition) is 1. The molecule has 0 aliphatic rings. The fourth-order valence-corrected chi connectivity index (χ4v) is 2.88. The van der Waals surface area contributed by atoms with Crippen LogP contribution in [0.3, 0.4) is 0 Å². The maximum Gasteiger partial charge on any atom is 0.416 e. The van der Waals surface area contributed by atoms with Crippen LogP contribution in [-0.2, 0) is 12.7 Å². The SMILES string of the molecule is CC(C)Oc1ccc(CNC(=O)c2ccc(=O)n(-c3ccc(F)cc3)n2)c(C(F)(F)F)c1. The van der Waals surface area contributed by atoms with Gasteiger partial charge in [0.05, 0.1) is 17.4 Å². The summed E-state index contributed by atoms with van der Waals surface area (Å²) >= 11 is 0. The van der Waals surface area contributed by atoms with Crippen molar-refractivity contribution in [3.8, 4) is 11.4 Å². The predicted octanol–water partition coefficient (Wildman–Crippen LogP) is 4.11. The van der Waals surface area contributed by atoms with Gasteiger partial charge in [0.2, 0.25) is 0 Å². The Labute approximate surface area is 180 Å². The topological polar surface area (TPSA) is 73.2 Å². The fourth-order valence-electron chi connectivity index (χ4n) is 2.88. The van der Waals surface area contributed by atoms with Crippen molar-refractivity contribution in [3.63, 3.8) is 0 Å². The highest BCUT2D eigenvalue weighted by Gasteiger charge is 2.34. The Morgan fingerprint density at radius 3 is 2.41 bits per heavy atom. The number of carbonyl (C=O) groups is 1. The van der Waals surface area contributed by atoms with Gasteiger partial charge in [-0.2, -0.15) is 23.0 Å². The Morgan fingerprint density at radius 1 is 1.09 bits per heavy atom. The third kappa shape index (κ3) is 5.51. The van der Waals surface area contributed by atoms with E-state index in [0.717, 1.165) is 35.0 Å². The highest BCUT2D eigenvalue weighted by molar-refractivity contribution is 5.92. The van der Waals surface area contributed by atoms with Crippen molar-refractivity contribution in [2.24, 2.45) is 0 Å². The van der Waals surface area contributed by atoms with Gasteiger partial charge in [0.1, 0.15) is 17.3 Å². The number of rotatable bonds is 6. The van der Waals surface area contributed by atoms with Gasteiger partial charge in [0.25, 0.3) is 11.5 Å². The molecule has 1 aromatic heterocycles. The maximum atomic E-state index is 13.5. The number of alkyl halides is 3. The molecule has 3 rings (SSSR count). The highest BCUT2D eigenvalue weighted by atomic mass is 19.4. The molecule has 0 saturated carbocycles. The average Bonchev–Trinajstić information content (AvgIpc) is 2.72. The number of benzene rings is 2. The summed E-state index contributed by atoms with van der Waals surface area (Å²) in [6.45, 7) is 2.96. The molecule has 0 aliphatic carbocycles. The zero-order valence-corrected chi connectivity index (χ0v) is 17.1. The summed E-state index contributed by atoms with van der Waals surface area (Å²) in [4.78, 5) is 24.5. The van der Waals surface area contributed by atoms with Crippen molar-refractivity contribution in [1.82, 2.24) is 15.1 Å². The lowest BCUT2D eigenvalue weighted by Gasteiger charge is -2.17. The number of halogens is 4. The summed E-state index contributed by atoms with van der Waals surface area (Å²) in [6.07, 6.45) is -4.95. The number of amides is 1. The quantitative estimate of drug-likeness (QED) is 0.575. The highest BCUT2D eigenvalue weighted by Crippen LogP contribution is 2.34. The van der Waals surface area contributed by atoms with Crippen LogP contribution in [0.5, 0.6) is 5.75 Å². The average molecular weight is 449 g/mol. The first kappa shape index (κ1) is 23.0. The molecular formula is C22H19F4N3O3. The Bertz CT molecular complexity index is 1170. The van der Waals surface area contributed by atoms with E-state index >= 15 is 0 Å². The standard InChI is InChI=1S/C22H19F4N3O3/c1-13(2)32-17-8-3-14(18(11-17)22(24,25)26)12-27-21(31)19-9-10-20(30)29(28-19)16-6-4-15(23)5-7-16/h3-11,13H,12H2,1-2H3,(H,27,31). The van der Waals surface area contributed by atoms with Crippen LogP contribution in [0.2, 0.25) is 0 Å². The minimum absolute atomic E-state index is 0.0652. The molecule has 1 N–H and O–H groups in total. The molecule has 0 unspecified atom stereocenters. The smallest absolute Gasteiger partial charge is 0.416 e. The van der Waals surface area contributed by atoms with Crippen LogP contribution in [0.15, 0.2) is 59.4 Å². The molecule has 0 fully saturated rings.